The van der Waals surface area contributed by atoms with Gasteiger partial charge < -0.3 is 10.6 Å². The molecular formula is C19H17N5O4S. The highest BCUT2D eigenvalue weighted by Gasteiger charge is 2.33. The molecule has 2 amide bonds. The van der Waals surface area contributed by atoms with E-state index in [9.17, 15) is 18.0 Å². The lowest BCUT2D eigenvalue weighted by molar-refractivity contribution is -0.136. The predicted molar refractivity (Wildman–Crippen MR) is 105 cm³/mol. The Kier molecular flexibility index (Phi) is 4.85. The zero-order valence-corrected chi connectivity index (χ0v) is 16.0. The van der Waals surface area contributed by atoms with E-state index >= 15 is 0 Å². The Balaban J connectivity index is 1.57. The van der Waals surface area contributed by atoms with E-state index in [-0.39, 0.29) is 23.9 Å². The maximum atomic E-state index is 12.5. The van der Waals surface area contributed by atoms with E-state index in [2.05, 4.69) is 20.7 Å². The molecule has 2 aromatic heterocycles. The zero-order chi connectivity index (χ0) is 20.4. The van der Waals surface area contributed by atoms with Crippen LogP contribution in [0.3, 0.4) is 0 Å². The predicted octanol–water partition coefficient (Wildman–Crippen LogP) is 0.951. The van der Waals surface area contributed by atoms with Crippen molar-refractivity contribution in [3.8, 4) is 5.69 Å². The minimum atomic E-state index is -3.32. The van der Waals surface area contributed by atoms with Gasteiger partial charge in [0.1, 0.15) is 5.82 Å². The zero-order valence-electron chi connectivity index (χ0n) is 15.2. The van der Waals surface area contributed by atoms with Crippen molar-refractivity contribution in [2.45, 2.75) is 18.1 Å². The Morgan fingerprint density at radius 1 is 1.00 bits per heavy atom. The monoisotopic (exact) mass is 411 g/mol. The highest BCUT2D eigenvalue weighted by atomic mass is 32.2. The fourth-order valence-corrected chi connectivity index (χ4v) is 4.55. The second-order valence-corrected chi connectivity index (χ2v) is 8.61. The summed E-state index contributed by atoms with van der Waals surface area (Å²) in [6, 6.07) is 12.4. The van der Waals surface area contributed by atoms with Crippen LogP contribution in [-0.2, 0) is 37.5 Å². The molecule has 0 saturated heterocycles. The van der Waals surface area contributed by atoms with Crippen LogP contribution in [0, 0.1) is 0 Å². The SMILES string of the molecule is O=C(NCc1ccncc1)C(=O)Nc1c2c(nn1-c1ccccc1)CS(=O)(=O)C2. The first kappa shape index (κ1) is 18.8. The third-order valence-corrected chi connectivity index (χ3v) is 5.87. The van der Waals surface area contributed by atoms with Gasteiger partial charge in [0.2, 0.25) is 0 Å². The summed E-state index contributed by atoms with van der Waals surface area (Å²) >= 11 is 0. The molecule has 3 heterocycles. The summed E-state index contributed by atoms with van der Waals surface area (Å²) in [5.41, 5.74) is 2.22. The average molecular weight is 411 g/mol. The van der Waals surface area contributed by atoms with Crippen LogP contribution in [0.15, 0.2) is 54.9 Å². The van der Waals surface area contributed by atoms with E-state index < -0.39 is 21.7 Å². The van der Waals surface area contributed by atoms with E-state index in [1.165, 1.54) is 4.68 Å². The molecule has 148 valence electrons. The second-order valence-electron chi connectivity index (χ2n) is 6.55. The number of nitrogens with zero attached hydrogens (tertiary/aromatic N) is 3. The first-order chi connectivity index (χ1) is 13.9. The van der Waals surface area contributed by atoms with E-state index in [1.54, 1.807) is 48.8 Å². The van der Waals surface area contributed by atoms with Gasteiger partial charge in [0.15, 0.2) is 9.84 Å². The van der Waals surface area contributed by atoms with Gasteiger partial charge in [0.05, 0.1) is 22.9 Å². The summed E-state index contributed by atoms with van der Waals surface area (Å²) in [6.07, 6.45) is 3.17. The number of amides is 2. The molecule has 9 nitrogen and oxygen atoms in total. The number of aromatic nitrogens is 3. The van der Waals surface area contributed by atoms with Crippen molar-refractivity contribution in [1.29, 1.82) is 0 Å². The normalized spacial score (nSPS) is 14.2. The standard InChI is InChI=1S/C19H17N5O4S/c25-18(21-10-13-6-8-20-9-7-13)19(26)22-17-15-11-29(27,28)12-16(15)23-24(17)14-4-2-1-3-5-14/h1-9H,10-12H2,(H,21,25)(H,22,26). The Morgan fingerprint density at radius 3 is 2.45 bits per heavy atom. The molecule has 3 aromatic rings. The number of nitrogens with one attached hydrogen (secondary N) is 2. The molecule has 0 radical (unpaired) electrons. The number of pyridine rings is 1. The highest BCUT2D eigenvalue weighted by Crippen LogP contribution is 2.32. The van der Waals surface area contributed by atoms with Gasteiger partial charge >= 0.3 is 11.8 Å². The molecule has 1 aromatic carbocycles. The van der Waals surface area contributed by atoms with Gasteiger partial charge in [0, 0.05) is 24.5 Å². The quantitative estimate of drug-likeness (QED) is 0.616. The molecule has 0 atom stereocenters. The lowest BCUT2D eigenvalue weighted by atomic mass is 10.2. The van der Waals surface area contributed by atoms with E-state index in [1.807, 2.05) is 6.07 Å². The van der Waals surface area contributed by atoms with Crippen molar-refractivity contribution < 1.29 is 18.0 Å². The Morgan fingerprint density at radius 2 is 1.72 bits per heavy atom. The van der Waals surface area contributed by atoms with Crippen molar-refractivity contribution in [2.75, 3.05) is 5.32 Å². The topological polar surface area (TPSA) is 123 Å². The third-order valence-electron chi connectivity index (χ3n) is 4.43. The van der Waals surface area contributed by atoms with Gasteiger partial charge in [-0.2, -0.15) is 5.10 Å². The first-order valence-electron chi connectivity index (χ1n) is 8.78. The minimum absolute atomic E-state index is 0.166. The third kappa shape index (κ3) is 4.02. The summed E-state index contributed by atoms with van der Waals surface area (Å²) in [5, 5.41) is 9.41. The number of fused-ring (bicyclic) bond motifs is 1. The lowest BCUT2D eigenvalue weighted by Crippen LogP contribution is -2.35. The molecule has 10 heteroatoms. The number of sulfone groups is 1. The molecule has 0 unspecified atom stereocenters. The minimum Gasteiger partial charge on any atom is -0.344 e. The molecule has 1 aliphatic heterocycles. The number of rotatable bonds is 4. The van der Waals surface area contributed by atoms with Crippen molar-refractivity contribution in [2.24, 2.45) is 0 Å². The summed E-state index contributed by atoms with van der Waals surface area (Å²) in [7, 11) is -3.32. The van der Waals surface area contributed by atoms with Crippen molar-refractivity contribution in [3.05, 3.63) is 71.7 Å². The number of para-hydroxylation sites is 1. The maximum absolute atomic E-state index is 12.5. The van der Waals surface area contributed by atoms with Gasteiger partial charge in [-0.05, 0) is 29.8 Å². The van der Waals surface area contributed by atoms with Crippen LogP contribution in [0.5, 0.6) is 0 Å². The van der Waals surface area contributed by atoms with Crippen LogP contribution in [0.25, 0.3) is 5.69 Å². The summed E-state index contributed by atoms with van der Waals surface area (Å²) < 4.78 is 25.4. The van der Waals surface area contributed by atoms with Crippen LogP contribution in [0.4, 0.5) is 5.82 Å². The van der Waals surface area contributed by atoms with Gasteiger partial charge in [0.25, 0.3) is 0 Å². The van der Waals surface area contributed by atoms with E-state index in [0.29, 0.717) is 16.9 Å². The Hall–Kier alpha value is -3.53. The number of hydrogen-bond donors (Lipinski definition) is 2. The first-order valence-corrected chi connectivity index (χ1v) is 10.6. The molecule has 0 aliphatic carbocycles. The van der Waals surface area contributed by atoms with Gasteiger partial charge in [-0.25, -0.2) is 13.1 Å². The fourth-order valence-electron chi connectivity index (χ4n) is 3.05. The molecular weight excluding hydrogens is 394 g/mol. The molecule has 2 N–H and O–H groups in total. The molecule has 4 rings (SSSR count). The van der Waals surface area contributed by atoms with Gasteiger partial charge in [-0.15, -0.1) is 0 Å². The molecule has 29 heavy (non-hydrogen) atoms. The summed E-state index contributed by atoms with van der Waals surface area (Å²) in [6.45, 7) is 0.166. The van der Waals surface area contributed by atoms with Crippen LogP contribution >= 0.6 is 0 Å². The van der Waals surface area contributed by atoms with Crippen LogP contribution < -0.4 is 10.6 Å². The number of carbonyl (C=O) groups is 2. The number of benzene rings is 1. The van der Waals surface area contributed by atoms with Crippen molar-refractivity contribution in [3.63, 3.8) is 0 Å². The van der Waals surface area contributed by atoms with Crippen LogP contribution in [0.1, 0.15) is 16.8 Å². The second kappa shape index (κ2) is 7.47. The smallest absolute Gasteiger partial charge is 0.314 e. The molecule has 0 saturated carbocycles. The Bertz CT molecular complexity index is 1170. The summed E-state index contributed by atoms with van der Waals surface area (Å²) in [5.74, 6) is -1.97. The fraction of sp³-hybridized carbons (Fsp3) is 0.158. The van der Waals surface area contributed by atoms with Crippen LogP contribution in [-0.4, -0.2) is 35.0 Å². The number of anilines is 1. The number of hydrogen-bond acceptors (Lipinski definition) is 6. The highest BCUT2D eigenvalue weighted by molar-refractivity contribution is 7.90. The Labute approximate surface area is 166 Å². The molecule has 0 bridgehead atoms. The van der Waals surface area contributed by atoms with Crippen molar-refractivity contribution >= 4 is 27.5 Å². The van der Waals surface area contributed by atoms with E-state index in [4.69, 9.17) is 0 Å². The van der Waals surface area contributed by atoms with Crippen molar-refractivity contribution in [1.82, 2.24) is 20.1 Å². The molecule has 0 spiro atoms. The molecule has 0 fully saturated rings. The average Bonchev–Trinajstić information content (AvgIpc) is 3.20. The lowest BCUT2D eigenvalue weighted by Gasteiger charge is -2.11. The molecule has 1 aliphatic rings. The van der Waals surface area contributed by atoms with Gasteiger partial charge in [-0.3, -0.25) is 14.6 Å². The van der Waals surface area contributed by atoms with Gasteiger partial charge in [-0.1, -0.05) is 18.2 Å². The van der Waals surface area contributed by atoms with Crippen LogP contribution in [0.2, 0.25) is 0 Å². The largest absolute Gasteiger partial charge is 0.344 e. The summed E-state index contributed by atoms with van der Waals surface area (Å²) in [4.78, 5) is 28.6. The maximum Gasteiger partial charge on any atom is 0.314 e. The van der Waals surface area contributed by atoms with E-state index in [0.717, 1.165) is 5.56 Å². The number of carbonyl (C=O) groups excluding carboxylic acids is 2.